The number of halogens is 1. The van der Waals surface area contributed by atoms with Gasteiger partial charge in [-0.25, -0.2) is 8.42 Å². The molecule has 1 saturated carbocycles. The lowest BCUT2D eigenvalue weighted by Crippen LogP contribution is -2.50. The average molecular weight is 421 g/mol. The predicted octanol–water partition coefficient (Wildman–Crippen LogP) is 3.02. The van der Waals surface area contributed by atoms with Crippen molar-refractivity contribution in [2.45, 2.75) is 36.0 Å². The Morgan fingerprint density at radius 3 is 2.04 bits per heavy atom. The van der Waals surface area contributed by atoms with Crippen molar-refractivity contribution in [3.63, 3.8) is 0 Å². The molecule has 2 amide bonds. The zero-order chi connectivity index (χ0) is 20.4. The standard InChI is InChI=1S/C20H21ClN2O4S/c1-28(26,27)17-10-4-14(5-11-17)18(24)22-23-19(25)20(12-2-3-13-20)15-6-8-16(21)9-7-15/h4-11H,2-3,12-13H2,1H3,(H,22,24)(H,23,25). The summed E-state index contributed by atoms with van der Waals surface area (Å²) in [5, 5.41) is 0.600. The van der Waals surface area contributed by atoms with Gasteiger partial charge in [0.25, 0.3) is 5.91 Å². The summed E-state index contributed by atoms with van der Waals surface area (Å²) in [5.74, 6) is -0.786. The fourth-order valence-electron chi connectivity index (χ4n) is 3.55. The largest absolute Gasteiger partial charge is 0.272 e. The second-order valence-corrected chi connectivity index (χ2v) is 9.45. The number of hydrogen-bond acceptors (Lipinski definition) is 4. The Labute approximate surface area is 169 Å². The predicted molar refractivity (Wildman–Crippen MR) is 107 cm³/mol. The first-order chi connectivity index (χ1) is 13.2. The summed E-state index contributed by atoms with van der Waals surface area (Å²) in [6, 6.07) is 12.7. The van der Waals surface area contributed by atoms with Crippen molar-refractivity contribution >= 4 is 33.3 Å². The molecule has 28 heavy (non-hydrogen) atoms. The number of benzene rings is 2. The first-order valence-electron chi connectivity index (χ1n) is 8.89. The number of nitrogens with one attached hydrogen (secondary N) is 2. The van der Waals surface area contributed by atoms with E-state index in [4.69, 9.17) is 11.6 Å². The smallest absolute Gasteiger partial charge is 0.269 e. The molecule has 0 heterocycles. The van der Waals surface area contributed by atoms with E-state index < -0.39 is 21.2 Å². The molecule has 0 atom stereocenters. The highest BCUT2D eigenvalue weighted by Gasteiger charge is 2.42. The maximum absolute atomic E-state index is 12.9. The molecule has 1 aliphatic rings. The first kappa shape index (κ1) is 20.4. The third-order valence-corrected chi connectivity index (χ3v) is 6.50. The molecule has 148 valence electrons. The third kappa shape index (κ3) is 4.20. The number of carbonyl (C=O) groups is 2. The fourth-order valence-corrected chi connectivity index (χ4v) is 4.31. The molecule has 3 rings (SSSR count). The van der Waals surface area contributed by atoms with Crippen LogP contribution in [0.25, 0.3) is 0 Å². The van der Waals surface area contributed by atoms with Gasteiger partial charge in [-0.3, -0.25) is 20.4 Å². The van der Waals surface area contributed by atoms with Gasteiger partial charge in [0.1, 0.15) is 0 Å². The van der Waals surface area contributed by atoms with Gasteiger partial charge in [-0.1, -0.05) is 36.6 Å². The Hall–Kier alpha value is -2.38. The molecule has 0 aliphatic heterocycles. The molecule has 1 fully saturated rings. The van der Waals surface area contributed by atoms with Gasteiger partial charge in [0, 0.05) is 16.8 Å². The van der Waals surface area contributed by atoms with Gasteiger partial charge < -0.3 is 0 Å². The van der Waals surface area contributed by atoms with Crippen LogP contribution in [0.4, 0.5) is 0 Å². The molecule has 0 unspecified atom stereocenters. The van der Waals surface area contributed by atoms with Crippen molar-refractivity contribution in [3.05, 3.63) is 64.7 Å². The highest BCUT2D eigenvalue weighted by molar-refractivity contribution is 7.90. The van der Waals surface area contributed by atoms with E-state index in [1.807, 2.05) is 12.1 Å². The number of rotatable bonds is 4. The van der Waals surface area contributed by atoms with Crippen LogP contribution in [0, 0.1) is 0 Å². The van der Waals surface area contributed by atoms with Gasteiger partial charge in [0.2, 0.25) is 5.91 Å². The lowest BCUT2D eigenvalue weighted by atomic mass is 9.78. The minimum absolute atomic E-state index is 0.126. The van der Waals surface area contributed by atoms with Crippen molar-refractivity contribution < 1.29 is 18.0 Å². The topological polar surface area (TPSA) is 92.3 Å². The minimum atomic E-state index is -3.33. The van der Waals surface area contributed by atoms with Crippen LogP contribution in [-0.2, 0) is 20.0 Å². The number of amides is 2. The molecule has 0 spiro atoms. The molecular formula is C20H21ClN2O4S. The van der Waals surface area contributed by atoms with Crippen LogP contribution in [0.15, 0.2) is 53.4 Å². The van der Waals surface area contributed by atoms with Crippen molar-refractivity contribution in [3.8, 4) is 0 Å². The highest BCUT2D eigenvalue weighted by Crippen LogP contribution is 2.41. The van der Waals surface area contributed by atoms with Crippen LogP contribution < -0.4 is 10.9 Å². The zero-order valence-electron chi connectivity index (χ0n) is 15.4. The summed E-state index contributed by atoms with van der Waals surface area (Å²) in [7, 11) is -3.33. The van der Waals surface area contributed by atoms with Crippen LogP contribution in [0.3, 0.4) is 0 Å². The summed E-state index contributed by atoms with van der Waals surface area (Å²) in [4.78, 5) is 25.4. The number of hydrazine groups is 1. The molecule has 0 bridgehead atoms. The Bertz CT molecular complexity index is 980. The second kappa shape index (κ2) is 7.93. The number of carbonyl (C=O) groups excluding carboxylic acids is 2. The molecule has 2 aromatic rings. The van der Waals surface area contributed by atoms with Gasteiger partial charge >= 0.3 is 0 Å². The van der Waals surface area contributed by atoms with Crippen molar-refractivity contribution in [1.29, 1.82) is 0 Å². The maximum atomic E-state index is 12.9. The van der Waals surface area contributed by atoms with Crippen LogP contribution in [0.5, 0.6) is 0 Å². The van der Waals surface area contributed by atoms with E-state index in [2.05, 4.69) is 10.9 Å². The van der Waals surface area contributed by atoms with Crippen molar-refractivity contribution in [1.82, 2.24) is 10.9 Å². The zero-order valence-corrected chi connectivity index (χ0v) is 16.9. The molecule has 0 saturated heterocycles. The van der Waals surface area contributed by atoms with Gasteiger partial charge in [-0.05, 0) is 54.8 Å². The number of hydrogen-bond donors (Lipinski definition) is 2. The van der Waals surface area contributed by atoms with E-state index in [-0.39, 0.29) is 16.4 Å². The highest BCUT2D eigenvalue weighted by atomic mass is 35.5. The summed E-state index contributed by atoms with van der Waals surface area (Å²) in [6.45, 7) is 0. The summed E-state index contributed by atoms with van der Waals surface area (Å²) < 4.78 is 23.0. The van der Waals surface area contributed by atoms with Crippen LogP contribution >= 0.6 is 11.6 Å². The van der Waals surface area contributed by atoms with Gasteiger partial charge in [-0.2, -0.15) is 0 Å². The van der Waals surface area contributed by atoms with E-state index in [1.165, 1.54) is 24.3 Å². The minimum Gasteiger partial charge on any atom is -0.272 e. The molecule has 0 radical (unpaired) electrons. The summed E-state index contributed by atoms with van der Waals surface area (Å²) in [5.41, 5.74) is 5.38. The fraction of sp³-hybridized carbons (Fsp3) is 0.300. The monoisotopic (exact) mass is 420 g/mol. The molecule has 8 heteroatoms. The van der Waals surface area contributed by atoms with Gasteiger partial charge in [0.15, 0.2) is 9.84 Å². The Morgan fingerprint density at radius 1 is 0.929 bits per heavy atom. The van der Waals surface area contributed by atoms with Crippen molar-refractivity contribution in [2.75, 3.05) is 6.26 Å². The van der Waals surface area contributed by atoms with Crippen molar-refractivity contribution in [2.24, 2.45) is 0 Å². The Kier molecular flexibility index (Phi) is 5.76. The Balaban J connectivity index is 1.71. The van der Waals surface area contributed by atoms with E-state index in [0.717, 1.165) is 24.7 Å². The summed E-state index contributed by atoms with van der Waals surface area (Å²) in [6.07, 6.45) is 4.34. The lowest BCUT2D eigenvalue weighted by molar-refractivity contribution is -0.127. The first-order valence-corrected chi connectivity index (χ1v) is 11.2. The lowest BCUT2D eigenvalue weighted by Gasteiger charge is -2.28. The molecule has 2 N–H and O–H groups in total. The van der Waals surface area contributed by atoms with Crippen LogP contribution in [-0.4, -0.2) is 26.5 Å². The average Bonchev–Trinajstić information content (AvgIpc) is 3.17. The number of sulfone groups is 1. The van der Waals surface area contributed by atoms with E-state index >= 15 is 0 Å². The molecule has 2 aromatic carbocycles. The third-order valence-electron chi connectivity index (χ3n) is 5.12. The molecule has 6 nitrogen and oxygen atoms in total. The Morgan fingerprint density at radius 2 is 1.50 bits per heavy atom. The van der Waals surface area contributed by atoms with Gasteiger partial charge in [-0.15, -0.1) is 0 Å². The second-order valence-electron chi connectivity index (χ2n) is 7.00. The molecular weight excluding hydrogens is 400 g/mol. The SMILES string of the molecule is CS(=O)(=O)c1ccc(C(=O)NNC(=O)C2(c3ccc(Cl)cc3)CCCC2)cc1. The van der Waals surface area contributed by atoms with E-state index in [9.17, 15) is 18.0 Å². The molecule has 1 aliphatic carbocycles. The van der Waals surface area contributed by atoms with E-state index in [0.29, 0.717) is 17.9 Å². The summed E-state index contributed by atoms with van der Waals surface area (Å²) >= 11 is 5.96. The van der Waals surface area contributed by atoms with Gasteiger partial charge in [0.05, 0.1) is 10.3 Å². The normalized spacial score (nSPS) is 15.8. The quantitative estimate of drug-likeness (QED) is 0.743. The molecule has 0 aromatic heterocycles. The van der Waals surface area contributed by atoms with Crippen LogP contribution in [0.2, 0.25) is 5.02 Å². The maximum Gasteiger partial charge on any atom is 0.269 e. The van der Waals surface area contributed by atoms with E-state index in [1.54, 1.807) is 12.1 Å². The van der Waals surface area contributed by atoms with Crippen LogP contribution in [0.1, 0.15) is 41.6 Å².